The quantitative estimate of drug-likeness (QED) is 0.390. The molecule has 0 bridgehead atoms. The van der Waals surface area contributed by atoms with Crippen molar-refractivity contribution >= 4 is 29.1 Å². The van der Waals surface area contributed by atoms with Crippen molar-refractivity contribution in [2.75, 3.05) is 18.2 Å². The van der Waals surface area contributed by atoms with E-state index in [1.807, 2.05) is 28.8 Å². The standard InChI is InChI=1S/C23H26N4O3S/c1-15(2)13-27-22(18-7-11-20(30-4)12-8-18)25-26-23(27)31-14-21(29)24-19-9-5-17(6-10-19)16(3)28/h5-12,15H,13-14H2,1-4H3,(H,24,29). The maximum atomic E-state index is 12.4. The van der Waals surface area contributed by atoms with Crippen LogP contribution in [0.3, 0.4) is 0 Å². The molecule has 0 saturated heterocycles. The minimum absolute atomic E-state index is 0.00872. The second kappa shape index (κ2) is 10.3. The number of rotatable bonds is 9. The number of amides is 1. The average molecular weight is 439 g/mol. The highest BCUT2D eigenvalue weighted by Gasteiger charge is 2.17. The van der Waals surface area contributed by atoms with Gasteiger partial charge in [-0.25, -0.2) is 0 Å². The molecule has 0 atom stereocenters. The Hall–Kier alpha value is -3.13. The molecule has 0 saturated carbocycles. The van der Waals surface area contributed by atoms with Crippen molar-refractivity contribution < 1.29 is 14.3 Å². The van der Waals surface area contributed by atoms with Gasteiger partial charge >= 0.3 is 0 Å². The van der Waals surface area contributed by atoms with Crippen molar-refractivity contribution in [2.24, 2.45) is 5.92 Å². The Bertz CT molecular complexity index is 1040. The van der Waals surface area contributed by atoms with Crippen LogP contribution < -0.4 is 10.1 Å². The summed E-state index contributed by atoms with van der Waals surface area (Å²) in [5.41, 5.74) is 2.20. The Morgan fingerprint density at radius 1 is 1.06 bits per heavy atom. The van der Waals surface area contributed by atoms with E-state index in [9.17, 15) is 9.59 Å². The molecule has 0 radical (unpaired) electrons. The molecule has 1 heterocycles. The summed E-state index contributed by atoms with van der Waals surface area (Å²) in [5, 5.41) is 12.2. The smallest absolute Gasteiger partial charge is 0.234 e. The molecule has 1 aromatic heterocycles. The van der Waals surface area contributed by atoms with Crippen molar-refractivity contribution in [2.45, 2.75) is 32.5 Å². The van der Waals surface area contributed by atoms with E-state index < -0.39 is 0 Å². The zero-order valence-corrected chi connectivity index (χ0v) is 18.9. The van der Waals surface area contributed by atoms with Gasteiger partial charge in [-0.1, -0.05) is 25.6 Å². The summed E-state index contributed by atoms with van der Waals surface area (Å²) in [7, 11) is 1.63. The van der Waals surface area contributed by atoms with E-state index in [1.165, 1.54) is 18.7 Å². The fraction of sp³-hybridized carbons (Fsp3) is 0.304. The Morgan fingerprint density at radius 2 is 1.74 bits per heavy atom. The Labute approximate surface area is 186 Å². The first-order valence-electron chi connectivity index (χ1n) is 9.98. The second-order valence-corrected chi connectivity index (χ2v) is 8.45. The predicted octanol–water partition coefficient (Wildman–Crippen LogP) is 4.54. The number of hydrogen-bond donors (Lipinski definition) is 1. The maximum absolute atomic E-state index is 12.4. The summed E-state index contributed by atoms with van der Waals surface area (Å²) in [5.74, 6) is 1.98. The van der Waals surface area contributed by atoms with Crippen LogP contribution in [0.15, 0.2) is 53.7 Å². The molecule has 0 aliphatic carbocycles. The predicted molar refractivity (Wildman–Crippen MR) is 123 cm³/mol. The van der Waals surface area contributed by atoms with Gasteiger partial charge in [0.2, 0.25) is 5.91 Å². The zero-order chi connectivity index (χ0) is 22.4. The number of anilines is 1. The van der Waals surface area contributed by atoms with Crippen LogP contribution in [0.25, 0.3) is 11.4 Å². The van der Waals surface area contributed by atoms with E-state index in [4.69, 9.17) is 4.74 Å². The van der Waals surface area contributed by atoms with Gasteiger partial charge in [0, 0.05) is 23.4 Å². The van der Waals surface area contributed by atoms with Crippen LogP contribution in [0.2, 0.25) is 0 Å². The van der Waals surface area contributed by atoms with E-state index in [-0.39, 0.29) is 17.4 Å². The highest BCUT2D eigenvalue weighted by atomic mass is 32.2. The van der Waals surface area contributed by atoms with Crippen molar-refractivity contribution in [1.29, 1.82) is 0 Å². The molecular weight excluding hydrogens is 412 g/mol. The first-order chi connectivity index (χ1) is 14.9. The summed E-state index contributed by atoms with van der Waals surface area (Å²) >= 11 is 1.35. The lowest BCUT2D eigenvalue weighted by Gasteiger charge is -2.13. The van der Waals surface area contributed by atoms with Crippen molar-refractivity contribution in [3.05, 3.63) is 54.1 Å². The number of Topliss-reactive ketones (excluding diaryl/α,β-unsaturated/α-hetero) is 1. The molecule has 7 nitrogen and oxygen atoms in total. The van der Waals surface area contributed by atoms with Crippen LogP contribution in [0.4, 0.5) is 5.69 Å². The van der Waals surface area contributed by atoms with E-state index in [0.717, 1.165) is 23.7 Å². The number of benzene rings is 2. The Morgan fingerprint density at radius 3 is 2.32 bits per heavy atom. The molecule has 3 aromatic rings. The fourth-order valence-electron chi connectivity index (χ4n) is 2.99. The molecule has 0 unspecified atom stereocenters. The van der Waals surface area contributed by atoms with Gasteiger partial charge in [-0.15, -0.1) is 10.2 Å². The third kappa shape index (κ3) is 5.95. The summed E-state index contributed by atoms with van der Waals surface area (Å²) < 4.78 is 7.28. The minimum atomic E-state index is -0.148. The van der Waals surface area contributed by atoms with Crippen LogP contribution in [0, 0.1) is 5.92 Å². The first kappa shape index (κ1) is 22.6. The van der Waals surface area contributed by atoms with Crippen LogP contribution in [-0.4, -0.2) is 39.3 Å². The number of methoxy groups -OCH3 is 1. The lowest BCUT2D eigenvalue weighted by atomic mass is 10.1. The van der Waals surface area contributed by atoms with Crippen molar-refractivity contribution in [1.82, 2.24) is 14.8 Å². The number of nitrogens with one attached hydrogen (secondary N) is 1. The molecule has 0 fully saturated rings. The number of carbonyl (C=O) groups is 2. The normalized spacial score (nSPS) is 10.9. The van der Waals surface area contributed by atoms with Gasteiger partial charge in [0.15, 0.2) is 16.8 Å². The zero-order valence-electron chi connectivity index (χ0n) is 18.1. The molecule has 0 spiro atoms. The van der Waals surface area contributed by atoms with Gasteiger partial charge in [-0.05, 0) is 61.4 Å². The maximum Gasteiger partial charge on any atom is 0.234 e. The van der Waals surface area contributed by atoms with Gasteiger partial charge in [0.25, 0.3) is 0 Å². The number of ketones is 1. The van der Waals surface area contributed by atoms with Crippen LogP contribution in [0.5, 0.6) is 5.75 Å². The Kier molecular flexibility index (Phi) is 7.46. The van der Waals surface area contributed by atoms with Gasteiger partial charge in [-0.3, -0.25) is 9.59 Å². The van der Waals surface area contributed by atoms with Crippen molar-refractivity contribution in [3.63, 3.8) is 0 Å². The average Bonchev–Trinajstić information content (AvgIpc) is 3.14. The van der Waals surface area contributed by atoms with E-state index in [2.05, 4.69) is 29.4 Å². The van der Waals surface area contributed by atoms with Gasteiger partial charge in [0.1, 0.15) is 5.75 Å². The van der Waals surface area contributed by atoms with Gasteiger partial charge < -0.3 is 14.6 Å². The topological polar surface area (TPSA) is 86.1 Å². The molecule has 2 aromatic carbocycles. The lowest BCUT2D eigenvalue weighted by molar-refractivity contribution is -0.113. The third-order valence-electron chi connectivity index (χ3n) is 4.52. The SMILES string of the molecule is COc1ccc(-c2nnc(SCC(=O)Nc3ccc(C(C)=O)cc3)n2CC(C)C)cc1. The minimum Gasteiger partial charge on any atom is -0.497 e. The number of aromatic nitrogens is 3. The fourth-order valence-corrected chi connectivity index (χ4v) is 3.74. The number of hydrogen-bond acceptors (Lipinski definition) is 6. The highest BCUT2D eigenvalue weighted by Crippen LogP contribution is 2.26. The number of ether oxygens (including phenoxy) is 1. The summed E-state index contributed by atoms with van der Waals surface area (Å²) in [6, 6.07) is 14.5. The molecule has 0 aliphatic rings. The van der Waals surface area contributed by atoms with Gasteiger partial charge in [-0.2, -0.15) is 0 Å². The molecule has 3 rings (SSSR count). The number of thioether (sulfide) groups is 1. The van der Waals surface area contributed by atoms with Crippen LogP contribution in [-0.2, 0) is 11.3 Å². The molecular formula is C23H26N4O3S. The van der Waals surface area contributed by atoms with Crippen LogP contribution >= 0.6 is 11.8 Å². The van der Waals surface area contributed by atoms with E-state index >= 15 is 0 Å². The molecule has 8 heteroatoms. The summed E-state index contributed by atoms with van der Waals surface area (Å²) in [6.45, 7) is 6.51. The Balaban J connectivity index is 1.70. The largest absolute Gasteiger partial charge is 0.497 e. The van der Waals surface area contributed by atoms with Crippen LogP contribution in [0.1, 0.15) is 31.1 Å². The van der Waals surface area contributed by atoms with E-state index in [1.54, 1.807) is 31.4 Å². The molecule has 1 amide bonds. The number of nitrogens with zero attached hydrogens (tertiary/aromatic N) is 3. The highest BCUT2D eigenvalue weighted by molar-refractivity contribution is 7.99. The summed E-state index contributed by atoms with van der Waals surface area (Å²) in [6.07, 6.45) is 0. The summed E-state index contributed by atoms with van der Waals surface area (Å²) in [4.78, 5) is 23.8. The monoisotopic (exact) mass is 438 g/mol. The molecule has 1 N–H and O–H groups in total. The van der Waals surface area contributed by atoms with Gasteiger partial charge in [0.05, 0.1) is 12.9 Å². The molecule has 31 heavy (non-hydrogen) atoms. The lowest BCUT2D eigenvalue weighted by Crippen LogP contribution is -2.15. The van der Waals surface area contributed by atoms with Crippen molar-refractivity contribution in [3.8, 4) is 17.1 Å². The number of carbonyl (C=O) groups excluding carboxylic acids is 2. The third-order valence-corrected chi connectivity index (χ3v) is 5.49. The molecule has 0 aliphatic heterocycles. The molecule has 162 valence electrons. The second-order valence-electron chi connectivity index (χ2n) is 7.51. The first-order valence-corrected chi connectivity index (χ1v) is 11.0. The van der Waals surface area contributed by atoms with E-state index in [0.29, 0.717) is 22.3 Å².